The highest BCUT2D eigenvalue weighted by Crippen LogP contribution is 2.22. The number of carbonyl (C=O) groups is 2. The average Bonchev–Trinajstić information content (AvgIpc) is 2.36. The van der Waals surface area contributed by atoms with Crippen LogP contribution in [0.5, 0.6) is 0 Å². The molecule has 1 atom stereocenters. The van der Waals surface area contributed by atoms with Gasteiger partial charge in [-0.05, 0) is 13.0 Å². The number of hydrogen-bond donors (Lipinski definition) is 1. The lowest BCUT2D eigenvalue weighted by molar-refractivity contribution is -0.384. The first-order valence-corrected chi connectivity index (χ1v) is 6.07. The van der Waals surface area contributed by atoms with Gasteiger partial charge >= 0.3 is 0 Å². The van der Waals surface area contributed by atoms with E-state index in [9.17, 15) is 19.7 Å². The zero-order valence-electron chi connectivity index (χ0n) is 11.2. The first-order valence-electron chi connectivity index (χ1n) is 5.70. The van der Waals surface area contributed by atoms with Crippen LogP contribution in [0.4, 0.5) is 5.69 Å². The normalized spacial score (nSPS) is 11.6. The summed E-state index contributed by atoms with van der Waals surface area (Å²) in [4.78, 5) is 34.9. The lowest BCUT2D eigenvalue weighted by atomic mass is 10.1. The first-order chi connectivity index (χ1) is 9.23. The zero-order chi connectivity index (χ0) is 15.4. The van der Waals surface area contributed by atoms with E-state index in [1.807, 2.05) is 0 Å². The fourth-order valence-electron chi connectivity index (χ4n) is 1.53. The van der Waals surface area contributed by atoms with Crippen LogP contribution >= 0.6 is 11.6 Å². The van der Waals surface area contributed by atoms with Crippen LogP contribution < -0.4 is 5.32 Å². The van der Waals surface area contributed by atoms with Crippen molar-refractivity contribution in [3.05, 3.63) is 38.9 Å². The molecule has 1 aromatic carbocycles. The quantitative estimate of drug-likeness (QED) is 0.673. The van der Waals surface area contributed by atoms with Gasteiger partial charge in [0.2, 0.25) is 5.91 Å². The smallest absolute Gasteiger partial charge is 0.270 e. The molecule has 0 bridgehead atoms. The molecule has 1 rings (SSSR count). The maximum absolute atomic E-state index is 11.9. The Labute approximate surface area is 120 Å². The second kappa shape index (κ2) is 6.33. The Morgan fingerprint density at radius 3 is 2.45 bits per heavy atom. The third-order valence-corrected chi connectivity index (χ3v) is 2.88. The van der Waals surface area contributed by atoms with Gasteiger partial charge < -0.3 is 10.2 Å². The van der Waals surface area contributed by atoms with Gasteiger partial charge in [0, 0.05) is 26.2 Å². The Morgan fingerprint density at radius 2 is 2.00 bits per heavy atom. The standard InChI is InChI=1S/C12H14ClN3O4/c1-7(12(18)15(2)3)14-11(17)9-5-4-8(16(19)20)6-10(9)13/h4-7H,1-3H3,(H,14,17). The summed E-state index contributed by atoms with van der Waals surface area (Å²) in [6.45, 7) is 1.54. The topological polar surface area (TPSA) is 92.5 Å². The molecule has 2 amide bonds. The molecule has 20 heavy (non-hydrogen) atoms. The maximum atomic E-state index is 11.9. The lowest BCUT2D eigenvalue weighted by Gasteiger charge is -2.18. The van der Waals surface area contributed by atoms with Gasteiger partial charge in [-0.15, -0.1) is 0 Å². The van der Waals surface area contributed by atoms with E-state index >= 15 is 0 Å². The molecular weight excluding hydrogens is 286 g/mol. The molecule has 0 aliphatic rings. The van der Waals surface area contributed by atoms with E-state index in [2.05, 4.69) is 5.32 Å². The van der Waals surface area contributed by atoms with Crippen molar-refractivity contribution in [3.8, 4) is 0 Å². The number of nitro groups is 1. The maximum Gasteiger partial charge on any atom is 0.270 e. The summed E-state index contributed by atoms with van der Waals surface area (Å²) in [7, 11) is 3.15. The predicted molar refractivity (Wildman–Crippen MR) is 73.7 cm³/mol. The van der Waals surface area contributed by atoms with Crippen LogP contribution in [0.25, 0.3) is 0 Å². The minimum absolute atomic E-state index is 0.0406. The second-order valence-electron chi connectivity index (χ2n) is 4.35. The summed E-state index contributed by atoms with van der Waals surface area (Å²) in [5.74, 6) is -0.830. The number of rotatable bonds is 4. The van der Waals surface area contributed by atoms with E-state index in [-0.39, 0.29) is 22.2 Å². The van der Waals surface area contributed by atoms with Crippen molar-refractivity contribution in [3.63, 3.8) is 0 Å². The molecule has 8 heteroatoms. The molecule has 1 unspecified atom stereocenters. The summed E-state index contributed by atoms with van der Waals surface area (Å²) in [5.41, 5.74) is -0.125. The van der Waals surface area contributed by atoms with Crippen molar-refractivity contribution < 1.29 is 14.5 Å². The largest absolute Gasteiger partial charge is 0.347 e. The molecule has 0 fully saturated rings. The Bertz CT molecular complexity index is 560. The number of likely N-dealkylation sites (N-methyl/N-ethyl adjacent to an activating group) is 1. The first kappa shape index (κ1) is 15.9. The average molecular weight is 300 g/mol. The number of amides is 2. The molecular formula is C12H14ClN3O4. The summed E-state index contributed by atoms with van der Waals surface area (Å²) in [6, 6.07) is 2.81. The summed E-state index contributed by atoms with van der Waals surface area (Å²) >= 11 is 5.83. The van der Waals surface area contributed by atoms with Gasteiger partial charge in [0.15, 0.2) is 0 Å². The van der Waals surface area contributed by atoms with Crippen LogP contribution in [0.15, 0.2) is 18.2 Å². The molecule has 108 valence electrons. The van der Waals surface area contributed by atoms with Crippen LogP contribution in [0.1, 0.15) is 17.3 Å². The molecule has 0 aliphatic carbocycles. The minimum atomic E-state index is -0.719. The summed E-state index contributed by atoms with van der Waals surface area (Å²) < 4.78 is 0. The molecule has 7 nitrogen and oxygen atoms in total. The summed E-state index contributed by atoms with van der Waals surface area (Å²) in [6.07, 6.45) is 0. The number of nitrogens with zero attached hydrogens (tertiary/aromatic N) is 2. The minimum Gasteiger partial charge on any atom is -0.347 e. The van der Waals surface area contributed by atoms with Gasteiger partial charge in [0.1, 0.15) is 6.04 Å². The van der Waals surface area contributed by atoms with Crippen LogP contribution in [0, 0.1) is 10.1 Å². The molecule has 0 heterocycles. The van der Waals surface area contributed by atoms with Gasteiger partial charge in [-0.1, -0.05) is 11.6 Å². The van der Waals surface area contributed by atoms with Gasteiger partial charge in [0.25, 0.3) is 11.6 Å². The Morgan fingerprint density at radius 1 is 1.40 bits per heavy atom. The van der Waals surface area contributed by atoms with E-state index < -0.39 is 16.9 Å². The fraction of sp³-hybridized carbons (Fsp3) is 0.333. The van der Waals surface area contributed by atoms with Crippen LogP contribution in [0.2, 0.25) is 5.02 Å². The van der Waals surface area contributed by atoms with E-state index in [0.717, 1.165) is 6.07 Å². The number of carbonyl (C=O) groups excluding carboxylic acids is 2. The molecule has 1 N–H and O–H groups in total. The van der Waals surface area contributed by atoms with Gasteiger partial charge in [-0.2, -0.15) is 0 Å². The zero-order valence-corrected chi connectivity index (χ0v) is 12.0. The van der Waals surface area contributed by atoms with Crippen molar-refractivity contribution in [2.24, 2.45) is 0 Å². The van der Waals surface area contributed by atoms with Gasteiger partial charge in [-0.25, -0.2) is 0 Å². The number of halogens is 1. The van der Waals surface area contributed by atoms with Crippen molar-refractivity contribution in [1.29, 1.82) is 0 Å². The monoisotopic (exact) mass is 299 g/mol. The predicted octanol–water partition coefficient (Wildman–Crippen LogP) is 1.45. The highest BCUT2D eigenvalue weighted by Gasteiger charge is 2.20. The van der Waals surface area contributed by atoms with Crippen LogP contribution in [-0.2, 0) is 4.79 Å². The number of benzene rings is 1. The van der Waals surface area contributed by atoms with Gasteiger partial charge in [-0.3, -0.25) is 19.7 Å². The second-order valence-corrected chi connectivity index (χ2v) is 4.76. The molecule has 0 spiro atoms. The third kappa shape index (κ3) is 3.67. The molecule has 0 radical (unpaired) electrons. The lowest BCUT2D eigenvalue weighted by Crippen LogP contribution is -2.44. The number of non-ortho nitro benzene ring substituents is 1. The SMILES string of the molecule is CC(NC(=O)c1ccc([N+](=O)[O-])cc1Cl)C(=O)N(C)C. The third-order valence-electron chi connectivity index (χ3n) is 2.57. The van der Waals surface area contributed by atoms with Crippen molar-refractivity contribution in [2.75, 3.05) is 14.1 Å². The van der Waals surface area contributed by atoms with Crippen LogP contribution in [-0.4, -0.2) is 41.8 Å². The molecule has 0 aliphatic heterocycles. The molecule has 1 aromatic rings. The van der Waals surface area contributed by atoms with Crippen molar-refractivity contribution in [2.45, 2.75) is 13.0 Å². The fourth-order valence-corrected chi connectivity index (χ4v) is 1.79. The number of nitrogens with one attached hydrogen (secondary N) is 1. The van der Waals surface area contributed by atoms with E-state index in [0.29, 0.717) is 0 Å². The summed E-state index contributed by atoms with van der Waals surface area (Å²) in [5, 5.41) is 13.0. The van der Waals surface area contributed by atoms with Gasteiger partial charge in [0.05, 0.1) is 15.5 Å². The molecule has 0 aromatic heterocycles. The highest BCUT2D eigenvalue weighted by atomic mass is 35.5. The van der Waals surface area contributed by atoms with Crippen molar-refractivity contribution >= 4 is 29.1 Å². The van der Waals surface area contributed by atoms with Crippen molar-refractivity contribution in [1.82, 2.24) is 10.2 Å². The highest BCUT2D eigenvalue weighted by molar-refractivity contribution is 6.34. The number of hydrogen-bond acceptors (Lipinski definition) is 4. The molecule has 0 saturated carbocycles. The molecule has 0 saturated heterocycles. The Hall–Kier alpha value is -2.15. The Kier molecular flexibility index (Phi) is 5.04. The van der Waals surface area contributed by atoms with E-state index in [1.165, 1.54) is 17.0 Å². The number of nitro benzene ring substituents is 1. The van der Waals surface area contributed by atoms with Crippen LogP contribution in [0.3, 0.4) is 0 Å². The Balaban J connectivity index is 2.88. The van der Waals surface area contributed by atoms with E-state index in [1.54, 1.807) is 21.0 Å². The van der Waals surface area contributed by atoms with E-state index in [4.69, 9.17) is 11.6 Å².